The summed E-state index contributed by atoms with van der Waals surface area (Å²) in [5.74, 6) is 23.4. The normalized spacial score (nSPS) is 59.9. The Balaban J connectivity index is 1.17. The van der Waals surface area contributed by atoms with Gasteiger partial charge in [0.2, 0.25) is 0 Å². The SMILES string of the molecule is CC1CCC(C2CC(C3CCC(C)C(C)C3)C3C4CCCC5C6CCCCC6C6CCCC(C6C54)C3C2C2CCC(C)C(C)C2)CC1C. The summed E-state index contributed by atoms with van der Waals surface area (Å²) in [6.07, 6.45) is 32.0. The van der Waals surface area contributed by atoms with Crippen molar-refractivity contribution in [3.05, 3.63) is 0 Å². The lowest BCUT2D eigenvalue weighted by Crippen LogP contribution is -2.65. The van der Waals surface area contributed by atoms with Gasteiger partial charge in [0, 0.05) is 0 Å². The highest BCUT2D eigenvalue weighted by molar-refractivity contribution is 5.15. The van der Waals surface area contributed by atoms with Crippen molar-refractivity contribution in [3.63, 3.8) is 0 Å². The molecule has 0 nitrogen and oxygen atoms in total. The Kier molecular flexibility index (Phi) is 9.47. The molecule has 0 aromatic carbocycles. The summed E-state index contributed by atoms with van der Waals surface area (Å²) in [4.78, 5) is 0. The molecular weight excluding hydrogens is 577 g/mol. The third-order valence-corrected chi connectivity index (χ3v) is 20.6. The van der Waals surface area contributed by atoms with Gasteiger partial charge in [-0.2, -0.15) is 0 Å². The molecule has 9 rings (SSSR count). The molecule has 0 radical (unpaired) electrons. The number of hydrogen-bond donors (Lipinski definition) is 0. The van der Waals surface area contributed by atoms with Crippen molar-refractivity contribution in [1.29, 1.82) is 0 Å². The topological polar surface area (TPSA) is 0 Å². The highest BCUT2D eigenvalue weighted by Gasteiger charge is 2.67. The van der Waals surface area contributed by atoms with E-state index in [0.29, 0.717) is 0 Å². The van der Waals surface area contributed by atoms with Gasteiger partial charge in [-0.05, 0) is 214 Å². The Hall–Kier alpha value is 0. The molecular formula is C48H80. The van der Waals surface area contributed by atoms with Gasteiger partial charge < -0.3 is 0 Å². The fraction of sp³-hybridized carbons (Fsp3) is 1.00. The Morgan fingerprint density at radius 3 is 1.10 bits per heavy atom. The molecule has 0 amide bonds. The first-order chi connectivity index (χ1) is 23.3. The minimum Gasteiger partial charge on any atom is -0.0623 e. The molecule has 0 aliphatic heterocycles. The van der Waals surface area contributed by atoms with Crippen LogP contribution in [0.4, 0.5) is 0 Å². The second-order valence-corrected chi connectivity index (χ2v) is 22.2. The molecule has 0 bridgehead atoms. The Bertz CT molecular complexity index is 1110. The first-order valence-electron chi connectivity index (χ1n) is 23.3. The third-order valence-electron chi connectivity index (χ3n) is 20.6. The lowest BCUT2D eigenvalue weighted by atomic mass is 9.34. The van der Waals surface area contributed by atoms with Crippen molar-refractivity contribution >= 4 is 0 Å². The smallest absolute Gasteiger partial charge is 0.0315 e. The van der Waals surface area contributed by atoms with E-state index in [1.54, 1.807) is 122 Å². The van der Waals surface area contributed by atoms with Gasteiger partial charge >= 0.3 is 0 Å². The predicted octanol–water partition coefficient (Wildman–Crippen LogP) is 13.6. The standard InChI is InChI=1S/C48H80/c1-27-17-20-33(23-30(27)4)42-26-43(34-21-18-28(2)31(5)24-34)47-40-15-9-13-38-36-11-7-8-12-37(36)39-14-10-16-41(46(39)45(38)40)48(47)44(42)35-22-19-29(3)32(6)25-35/h27-48H,7-26H2,1-6H3. The fourth-order valence-corrected chi connectivity index (χ4v) is 18.1. The summed E-state index contributed by atoms with van der Waals surface area (Å²) in [6.45, 7) is 15.9. The van der Waals surface area contributed by atoms with E-state index in [0.717, 1.165) is 130 Å². The molecule has 0 heteroatoms. The molecule has 0 N–H and O–H groups in total. The molecule has 22 atom stereocenters. The zero-order valence-corrected chi connectivity index (χ0v) is 32.8. The van der Waals surface area contributed by atoms with Crippen LogP contribution in [0.15, 0.2) is 0 Å². The van der Waals surface area contributed by atoms with Crippen LogP contribution in [0, 0.1) is 130 Å². The Morgan fingerprint density at radius 1 is 0.229 bits per heavy atom. The molecule has 9 saturated carbocycles. The van der Waals surface area contributed by atoms with Crippen LogP contribution >= 0.6 is 0 Å². The minimum absolute atomic E-state index is 0.955. The maximum Gasteiger partial charge on any atom is -0.0315 e. The van der Waals surface area contributed by atoms with Gasteiger partial charge in [0.05, 0.1) is 0 Å². The number of fused-ring (bicyclic) bond motifs is 6. The van der Waals surface area contributed by atoms with E-state index in [2.05, 4.69) is 41.5 Å². The Labute approximate surface area is 299 Å². The van der Waals surface area contributed by atoms with Crippen molar-refractivity contribution in [2.24, 2.45) is 130 Å². The van der Waals surface area contributed by atoms with Crippen LogP contribution in [-0.4, -0.2) is 0 Å². The second-order valence-electron chi connectivity index (χ2n) is 22.2. The van der Waals surface area contributed by atoms with E-state index in [1.165, 1.54) is 6.42 Å². The van der Waals surface area contributed by atoms with Gasteiger partial charge in [-0.1, -0.05) is 86.5 Å². The van der Waals surface area contributed by atoms with Crippen LogP contribution in [0.5, 0.6) is 0 Å². The number of hydrogen-bond acceptors (Lipinski definition) is 0. The quantitative estimate of drug-likeness (QED) is 0.284. The van der Waals surface area contributed by atoms with Crippen LogP contribution < -0.4 is 0 Å². The molecule has 9 aliphatic rings. The summed E-state index contributed by atoms with van der Waals surface area (Å²) >= 11 is 0. The van der Waals surface area contributed by atoms with Crippen molar-refractivity contribution in [2.45, 2.75) is 170 Å². The van der Waals surface area contributed by atoms with Crippen LogP contribution in [-0.2, 0) is 0 Å². The third kappa shape index (κ3) is 5.51. The van der Waals surface area contributed by atoms with Gasteiger partial charge in [-0.3, -0.25) is 0 Å². The maximum absolute atomic E-state index is 2.69. The van der Waals surface area contributed by atoms with Gasteiger partial charge in [0.1, 0.15) is 0 Å². The maximum atomic E-state index is 2.69. The monoisotopic (exact) mass is 657 g/mol. The van der Waals surface area contributed by atoms with E-state index in [-0.39, 0.29) is 0 Å². The summed E-state index contributed by atoms with van der Waals surface area (Å²) in [7, 11) is 0. The molecule has 48 heavy (non-hydrogen) atoms. The van der Waals surface area contributed by atoms with Crippen molar-refractivity contribution in [3.8, 4) is 0 Å². The average molecular weight is 657 g/mol. The van der Waals surface area contributed by atoms with Crippen molar-refractivity contribution in [2.75, 3.05) is 0 Å². The first kappa shape index (κ1) is 33.8. The van der Waals surface area contributed by atoms with Crippen molar-refractivity contribution in [1.82, 2.24) is 0 Å². The summed E-state index contributed by atoms with van der Waals surface area (Å²) in [5, 5.41) is 0. The van der Waals surface area contributed by atoms with Crippen LogP contribution in [0.25, 0.3) is 0 Å². The summed E-state index contributed by atoms with van der Waals surface area (Å²) < 4.78 is 0. The second kappa shape index (κ2) is 13.4. The molecule has 0 saturated heterocycles. The van der Waals surface area contributed by atoms with Gasteiger partial charge in [-0.25, -0.2) is 0 Å². The van der Waals surface area contributed by atoms with Crippen LogP contribution in [0.3, 0.4) is 0 Å². The highest BCUT2D eigenvalue weighted by Crippen LogP contribution is 2.73. The van der Waals surface area contributed by atoms with Crippen LogP contribution in [0.1, 0.15) is 170 Å². The molecule has 22 unspecified atom stereocenters. The zero-order chi connectivity index (χ0) is 32.8. The molecule has 0 aromatic heterocycles. The fourth-order valence-electron chi connectivity index (χ4n) is 18.1. The average Bonchev–Trinajstić information content (AvgIpc) is 3.10. The Morgan fingerprint density at radius 2 is 0.604 bits per heavy atom. The molecule has 0 spiro atoms. The highest BCUT2D eigenvalue weighted by atomic mass is 14.7. The minimum atomic E-state index is 0.955. The summed E-state index contributed by atoms with van der Waals surface area (Å²) in [6, 6.07) is 0. The van der Waals surface area contributed by atoms with E-state index in [1.807, 2.05) is 0 Å². The largest absolute Gasteiger partial charge is 0.0623 e. The molecule has 0 aromatic rings. The van der Waals surface area contributed by atoms with E-state index < -0.39 is 0 Å². The van der Waals surface area contributed by atoms with E-state index in [9.17, 15) is 0 Å². The molecule has 0 heterocycles. The molecule has 272 valence electrons. The van der Waals surface area contributed by atoms with Gasteiger partial charge in [-0.15, -0.1) is 0 Å². The lowest BCUT2D eigenvalue weighted by molar-refractivity contribution is -0.231. The van der Waals surface area contributed by atoms with E-state index >= 15 is 0 Å². The lowest BCUT2D eigenvalue weighted by Gasteiger charge is -2.71. The molecule has 9 fully saturated rings. The molecule has 9 aliphatic carbocycles. The predicted molar refractivity (Wildman–Crippen MR) is 203 cm³/mol. The van der Waals surface area contributed by atoms with Gasteiger partial charge in [0.25, 0.3) is 0 Å². The van der Waals surface area contributed by atoms with Crippen molar-refractivity contribution < 1.29 is 0 Å². The summed E-state index contributed by atoms with van der Waals surface area (Å²) in [5.41, 5.74) is 0. The zero-order valence-electron chi connectivity index (χ0n) is 32.8. The van der Waals surface area contributed by atoms with Crippen LogP contribution in [0.2, 0.25) is 0 Å². The number of rotatable bonds is 3. The van der Waals surface area contributed by atoms with E-state index in [4.69, 9.17) is 0 Å². The first-order valence-corrected chi connectivity index (χ1v) is 23.3. The van der Waals surface area contributed by atoms with Gasteiger partial charge in [0.15, 0.2) is 0 Å².